The summed E-state index contributed by atoms with van der Waals surface area (Å²) < 4.78 is 40.7. The zero-order valence-corrected chi connectivity index (χ0v) is 16.8. The third-order valence-electron chi connectivity index (χ3n) is 5.26. The standard InChI is InChI=1S/C16H24F2N2O6Si/c1-15(2,3)27(4,5)26-11-10(18)13(25-16(11,7-21)8-22)20-6-9(17)12(23)19-14(20)24/h6-7,10-11,13,22H,8H2,1-5H3,(H,19,23,24)/t10-,11-,13+,16+/m0/s1. The topological polar surface area (TPSA) is 111 Å². The van der Waals surface area contributed by atoms with E-state index < -0.39 is 56.1 Å². The largest absolute Gasteiger partial charge is 0.407 e. The van der Waals surface area contributed by atoms with E-state index in [4.69, 9.17) is 9.16 Å². The molecule has 2 N–H and O–H groups in total. The molecular formula is C16H24F2N2O6Si. The summed E-state index contributed by atoms with van der Waals surface area (Å²) in [5.41, 5.74) is -4.44. The zero-order valence-electron chi connectivity index (χ0n) is 15.8. The number of aldehydes is 1. The minimum Gasteiger partial charge on any atom is -0.407 e. The first-order valence-corrected chi connectivity index (χ1v) is 11.3. The number of rotatable bonds is 5. The molecule has 152 valence electrons. The van der Waals surface area contributed by atoms with Crippen molar-refractivity contribution in [2.24, 2.45) is 0 Å². The molecule has 0 aromatic carbocycles. The van der Waals surface area contributed by atoms with Crippen LogP contribution in [0.15, 0.2) is 15.8 Å². The molecule has 2 heterocycles. The highest BCUT2D eigenvalue weighted by Gasteiger charge is 2.60. The lowest BCUT2D eigenvalue weighted by atomic mass is 9.99. The fraction of sp³-hybridized carbons (Fsp3) is 0.688. The van der Waals surface area contributed by atoms with Gasteiger partial charge in [-0.1, -0.05) is 20.8 Å². The van der Waals surface area contributed by atoms with Crippen LogP contribution in [0.5, 0.6) is 0 Å². The van der Waals surface area contributed by atoms with E-state index in [1.165, 1.54) is 0 Å². The second-order valence-electron chi connectivity index (χ2n) is 8.13. The molecule has 1 aromatic heterocycles. The van der Waals surface area contributed by atoms with Crippen molar-refractivity contribution in [1.29, 1.82) is 0 Å². The van der Waals surface area contributed by atoms with Crippen molar-refractivity contribution in [3.8, 4) is 0 Å². The minimum atomic E-state index is -2.61. The lowest BCUT2D eigenvalue weighted by Gasteiger charge is -2.41. The van der Waals surface area contributed by atoms with Gasteiger partial charge in [0.15, 0.2) is 32.6 Å². The molecule has 1 fully saturated rings. The number of halogens is 2. The van der Waals surface area contributed by atoms with Crippen molar-refractivity contribution in [3.05, 3.63) is 32.9 Å². The van der Waals surface area contributed by atoms with E-state index in [0.29, 0.717) is 10.8 Å². The molecule has 27 heavy (non-hydrogen) atoms. The molecule has 0 unspecified atom stereocenters. The Morgan fingerprint density at radius 2 is 2.04 bits per heavy atom. The average molecular weight is 406 g/mol. The van der Waals surface area contributed by atoms with E-state index >= 15 is 4.39 Å². The first-order valence-electron chi connectivity index (χ1n) is 8.37. The Labute approximate surface area is 155 Å². The van der Waals surface area contributed by atoms with Crippen LogP contribution in [-0.4, -0.2) is 53.7 Å². The molecule has 4 atom stereocenters. The summed E-state index contributed by atoms with van der Waals surface area (Å²) in [4.78, 5) is 36.6. The highest BCUT2D eigenvalue weighted by atomic mass is 28.4. The lowest BCUT2D eigenvalue weighted by Crippen LogP contribution is -2.55. The fourth-order valence-corrected chi connectivity index (χ4v) is 3.87. The van der Waals surface area contributed by atoms with Gasteiger partial charge in [-0.05, 0) is 18.1 Å². The second kappa shape index (κ2) is 7.04. The Morgan fingerprint density at radius 1 is 1.44 bits per heavy atom. The summed E-state index contributed by atoms with van der Waals surface area (Å²) in [5, 5.41) is 9.39. The van der Waals surface area contributed by atoms with E-state index in [0.717, 1.165) is 0 Å². The first-order chi connectivity index (χ1) is 12.3. The Bertz CT molecular complexity index is 833. The Morgan fingerprint density at radius 3 is 2.52 bits per heavy atom. The smallest absolute Gasteiger partial charge is 0.330 e. The number of aliphatic hydroxyl groups is 1. The van der Waals surface area contributed by atoms with Gasteiger partial charge in [0.2, 0.25) is 5.82 Å². The van der Waals surface area contributed by atoms with Crippen LogP contribution in [0.2, 0.25) is 18.1 Å². The molecule has 11 heteroatoms. The number of hydrogen-bond acceptors (Lipinski definition) is 6. The van der Waals surface area contributed by atoms with Gasteiger partial charge >= 0.3 is 5.69 Å². The summed E-state index contributed by atoms with van der Waals surface area (Å²) in [6, 6.07) is 0. The van der Waals surface area contributed by atoms with Gasteiger partial charge < -0.3 is 14.3 Å². The van der Waals surface area contributed by atoms with Crippen molar-refractivity contribution in [3.63, 3.8) is 0 Å². The maximum Gasteiger partial charge on any atom is 0.330 e. The van der Waals surface area contributed by atoms with Crippen LogP contribution >= 0.6 is 0 Å². The Hall–Kier alpha value is -1.69. The number of aromatic nitrogens is 2. The summed E-state index contributed by atoms with van der Waals surface area (Å²) >= 11 is 0. The highest BCUT2D eigenvalue weighted by Crippen LogP contribution is 2.44. The highest BCUT2D eigenvalue weighted by molar-refractivity contribution is 6.74. The monoisotopic (exact) mass is 406 g/mol. The third-order valence-corrected chi connectivity index (χ3v) is 9.71. The average Bonchev–Trinajstić information content (AvgIpc) is 2.83. The summed E-state index contributed by atoms with van der Waals surface area (Å²) in [6.07, 6.45) is -4.60. The van der Waals surface area contributed by atoms with Crippen LogP contribution in [0, 0.1) is 5.82 Å². The second-order valence-corrected chi connectivity index (χ2v) is 12.9. The van der Waals surface area contributed by atoms with Crippen molar-refractivity contribution >= 4 is 14.6 Å². The van der Waals surface area contributed by atoms with Crippen molar-refractivity contribution in [2.75, 3.05) is 6.61 Å². The number of nitrogens with one attached hydrogen (secondary N) is 1. The molecule has 2 rings (SSSR count). The minimum absolute atomic E-state index is 0.227. The van der Waals surface area contributed by atoms with E-state index in [-0.39, 0.29) is 11.3 Å². The molecule has 0 aliphatic carbocycles. The van der Waals surface area contributed by atoms with Gasteiger partial charge in [0.05, 0.1) is 12.8 Å². The molecular weight excluding hydrogens is 382 g/mol. The molecule has 0 amide bonds. The van der Waals surface area contributed by atoms with Crippen LogP contribution < -0.4 is 11.2 Å². The van der Waals surface area contributed by atoms with Crippen LogP contribution in [0.4, 0.5) is 8.78 Å². The molecule has 0 saturated carbocycles. The first kappa shape index (κ1) is 21.6. The van der Waals surface area contributed by atoms with E-state index in [2.05, 4.69) is 0 Å². The van der Waals surface area contributed by atoms with Crippen LogP contribution in [0.1, 0.15) is 27.0 Å². The number of hydrogen-bond donors (Lipinski definition) is 2. The van der Waals surface area contributed by atoms with Crippen LogP contribution in [0.3, 0.4) is 0 Å². The van der Waals surface area contributed by atoms with Gasteiger partial charge in [-0.25, -0.2) is 9.18 Å². The molecule has 0 radical (unpaired) electrons. The molecule has 1 aromatic rings. The molecule has 1 aliphatic heterocycles. The van der Waals surface area contributed by atoms with E-state index in [9.17, 15) is 23.9 Å². The van der Waals surface area contributed by atoms with Gasteiger partial charge in [-0.15, -0.1) is 0 Å². The molecule has 1 aliphatic rings. The number of carbonyl (C=O) groups is 1. The number of nitrogens with zero attached hydrogens (tertiary/aromatic N) is 1. The number of aromatic amines is 1. The quantitative estimate of drug-likeness (QED) is 0.554. The number of carbonyl (C=O) groups excluding carboxylic acids is 1. The Balaban J connectivity index is 2.52. The predicted octanol–water partition coefficient (Wildman–Crippen LogP) is 0.863. The van der Waals surface area contributed by atoms with Crippen molar-refractivity contribution in [1.82, 2.24) is 9.55 Å². The fourth-order valence-electron chi connectivity index (χ4n) is 2.55. The summed E-state index contributed by atoms with van der Waals surface area (Å²) in [7, 11) is -2.61. The number of H-pyrrole nitrogens is 1. The number of ether oxygens (including phenoxy) is 1. The normalized spacial score (nSPS) is 29.1. The molecule has 0 bridgehead atoms. The number of alkyl halides is 1. The summed E-state index contributed by atoms with van der Waals surface area (Å²) in [5.74, 6) is -1.32. The summed E-state index contributed by atoms with van der Waals surface area (Å²) in [6.45, 7) is 8.47. The molecule has 8 nitrogen and oxygen atoms in total. The van der Waals surface area contributed by atoms with E-state index in [1.807, 2.05) is 33.9 Å². The maximum absolute atomic E-state index is 15.3. The van der Waals surface area contributed by atoms with Gasteiger partial charge in [0.1, 0.15) is 6.10 Å². The molecule has 0 spiro atoms. The van der Waals surface area contributed by atoms with Crippen LogP contribution in [-0.2, 0) is 14.0 Å². The predicted molar refractivity (Wildman–Crippen MR) is 94.2 cm³/mol. The van der Waals surface area contributed by atoms with E-state index in [1.54, 1.807) is 4.98 Å². The van der Waals surface area contributed by atoms with Crippen molar-refractivity contribution < 1.29 is 27.8 Å². The van der Waals surface area contributed by atoms with Crippen LogP contribution in [0.25, 0.3) is 0 Å². The Kier molecular flexibility index (Phi) is 5.63. The van der Waals surface area contributed by atoms with Crippen molar-refractivity contribution in [2.45, 2.75) is 63.0 Å². The third kappa shape index (κ3) is 3.68. The van der Waals surface area contributed by atoms with Gasteiger partial charge in [0.25, 0.3) is 5.56 Å². The lowest BCUT2D eigenvalue weighted by molar-refractivity contribution is -0.150. The van der Waals surface area contributed by atoms with Gasteiger partial charge in [-0.2, -0.15) is 4.39 Å². The zero-order chi connectivity index (χ0) is 20.8. The number of aliphatic hydroxyl groups excluding tert-OH is 1. The molecule has 1 saturated heterocycles. The van der Waals surface area contributed by atoms with Gasteiger partial charge in [0, 0.05) is 0 Å². The SMILES string of the molecule is CC(C)(C)[Si](C)(C)O[C@H]1[C@H](F)[C@H](n2cc(F)c(=O)[nH]c2=O)O[C@]1(C=O)CO. The maximum atomic E-state index is 15.3. The van der Waals surface area contributed by atoms with Gasteiger partial charge in [-0.3, -0.25) is 19.1 Å².